The number of likely N-dealkylation sites (tertiary alicyclic amines) is 1. The van der Waals surface area contributed by atoms with Gasteiger partial charge in [-0.15, -0.1) is 0 Å². The summed E-state index contributed by atoms with van der Waals surface area (Å²) < 4.78 is 10.8. The van der Waals surface area contributed by atoms with Crippen molar-refractivity contribution in [3.8, 4) is 11.5 Å². The summed E-state index contributed by atoms with van der Waals surface area (Å²) in [6.07, 6.45) is 1.22. The van der Waals surface area contributed by atoms with Gasteiger partial charge in [-0.1, -0.05) is 13.8 Å². The zero-order valence-electron chi connectivity index (χ0n) is 13.8. The Balaban J connectivity index is 2.24. The number of nitrogens with one attached hydrogen (secondary N) is 1. The van der Waals surface area contributed by atoms with Gasteiger partial charge < -0.3 is 14.8 Å². The molecular weight excluding hydrogens is 264 g/mol. The van der Waals surface area contributed by atoms with Crippen LogP contribution in [0.3, 0.4) is 0 Å². The first kappa shape index (κ1) is 16.1. The largest absolute Gasteiger partial charge is 0.497 e. The van der Waals surface area contributed by atoms with Crippen LogP contribution >= 0.6 is 0 Å². The molecule has 1 aromatic carbocycles. The lowest BCUT2D eigenvalue weighted by atomic mass is 9.93. The lowest BCUT2D eigenvalue weighted by Gasteiger charge is -2.27. The standard InChI is InChI=1S/C17H28N2O2/c1-12(2)18-11-13-6-7-19(3)17(13)14-8-15(20-4)10-16(9-14)21-5/h8-10,12-13,17-18H,6-7,11H2,1-5H3. The third-order valence-electron chi connectivity index (χ3n) is 4.28. The molecule has 0 radical (unpaired) electrons. The first-order chi connectivity index (χ1) is 10.0. The molecule has 0 aromatic heterocycles. The molecule has 0 saturated carbocycles. The fourth-order valence-corrected chi connectivity index (χ4v) is 3.15. The summed E-state index contributed by atoms with van der Waals surface area (Å²) in [5.74, 6) is 2.34. The van der Waals surface area contributed by atoms with Crippen LogP contribution < -0.4 is 14.8 Å². The number of rotatable bonds is 6. The van der Waals surface area contributed by atoms with Gasteiger partial charge in [0, 0.05) is 24.7 Å². The fourth-order valence-electron chi connectivity index (χ4n) is 3.15. The Kier molecular flexibility index (Phi) is 5.48. The van der Waals surface area contributed by atoms with Gasteiger partial charge in [-0.25, -0.2) is 0 Å². The van der Waals surface area contributed by atoms with Gasteiger partial charge in [0.05, 0.1) is 14.2 Å². The van der Waals surface area contributed by atoms with Crippen LogP contribution in [0.25, 0.3) is 0 Å². The SMILES string of the molecule is COc1cc(OC)cc(C2C(CNC(C)C)CCN2C)c1. The highest BCUT2D eigenvalue weighted by Crippen LogP contribution is 2.38. The van der Waals surface area contributed by atoms with Gasteiger partial charge in [-0.3, -0.25) is 4.90 Å². The smallest absolute Gasteiger partial charge is 0.122 e. The second-order valence-electron chi connectivity index (χ2n) is 6.18. The van der Waals surface area contributed by atoms with Crippen LogP contribution in [-0.4, -0.2) is 45.3 Å². The van der Waals surface area contributed by atoms with Crippen LogP contribution in [0.2, 0.25) is 0 Å². The molecule has 2 atom stereocenters. The lowest BCUT2D eigenvalue weighted by Crippen LogP contribution is -2.32. The predicted octanol–water partition coefficient (Wildman–Crippen LogP) is 2.69. The van der Waals surface area contributed by atoms with Gasteiger partial charge >= 0.3 is 0 Å². The molecular formula is C17H28N2O2. The van der Waals surface area contributed by atoms with E-state index in [-0.39, 0.29) is 0 Å². The van der Waals surface area contributed by atoms with Gasteiger partial charge in [0.2, 0.25) is 0 Å². The van der Waals surface area contributed by atoms with Crippen molar-refractivity contribution in [2.75, 3.05) is 34.4 Å². The molecule has 118 valence electrons. The Morgan fingerprint density at radius 3 is 2.33 bits per heavy atom. The van der Waals surface area contributed by atoms with Crippen molar-refractivity contribution in [2.24, 2.45) is 5.92 Å². The highest BCUT2D eigenvalue weighted by Gasteiger charge is 2.33. The van der Waals surface area contributed by atoms with E-state index in [9.17, 15) is 0 Å². The van der Waals surface area contributed by atoms with E-state index in [1.165, 1.54) is 12.0 Å². The zero-order valence-corrected chi connectivity index (χ0v) is 13.8. The van der Waals surface area contributed by atoms with Crippen LogP contribution in [0.5, 0.6) is 11.5 Å². The summed E-state index contributed by atoms with van der Waals surface area (Å²) in [4.78, 5) is 2.43. The van der Waals surface area contributed by atoms with E-state index in [1.807, 2.05) is 6.07 Å². The van der Waals surface area contributed by atoms with E-state index >= 15 is 0 Å². The highest BCUT2D eigenvalue weighted by molar-refractivity contribution is 5.40. The van der Waals surface area contributed by atoms with Crippen molar-refractivity contribution in [2.45, 2.75) is 32.4 Å². The van der Waals surface area contributed by atoms with Crippen LogP contribution in [0.15, 0.2) is 18.2 Å². The Bertz CT molecular complexity index is 440. The van der Waals surface area contributed by atoms with Gasteiger partial charge in [0.25, 0.3) is 0 Å². The van der Waals surface area contributed by atoms with E-state index in [0.29, 0.717) is 18.0 Å². The zero-order chi connectivity index (χ0) is 15.4. The molecule has 1 heterocycles. The maximum Gasteiger partial charge on any atom is 0.122 e. The molecule has 1 aliphatic heterocycles. The molecule has 1 aromatic rings. The van der Waals surface area contributed by atoms with Crippen LogP contribution in [0, 0.1) is 5.92 Å². The van der Waals surface area contributed by atoms with Crippen molar-refractivity contribution in [3.63, 3.8) is 0 Å². The summed E-state index contributed by atoms with van der Waals surface area (Å²) in [7, 11) is 5.61. The van der Waals surface area contributed by atoms with Crippen LogP contribution in [0.4, 0.5) is 0 Å². The normalized spacial score (nSPS) is 22.8. The van der Waals surface area contributed by atoms with Crippen LogP contribution in [-0.2, 0) is 0 Å². The average Bonchev–Trinajstić information content (AvgIpc) is 2.85. The molecule has 4 heteroatoms. The summed E-state index contributed by atoms with van der Waals surface area (Å²) in [6, 6.07) is 7.14. The molecule has 0 amide bonds. The molecule has 0 spiro atoms. The second kappa shape index (κ2) is 7.14. The minimum Gasteiger partial charge on any atom is -0.497 e. The fraction of sp³-hybridized carbons (Fsp3) is 0.647. The molecule has 0 bridgehead atoms. The molecule has 2 unspecified atom stereocenters. The lowest BCUT2D eigenvalue weighted by molar-refractivity contribution is 0.267. The Hall–Kier alpha value is -1.26. The number of hydrogen-bond donors (Lipinski definition) is 1. The second-order valence-corrected chi connectivity index (χ2v) is 6.18. The van der Waals surface area contributed by atoms with E-state index in [0.717, 1.165) is 24.6 Å². The third-order valence-corrected chi connectivity index (χ3v) is 4.28. The maximum atomic E-state index is 5.41. The van der Waals surface area contributed by atoms with Crippen molar-refractivity contribution >= 4 is 0 Å². The monoisotopic (exact) mass is 292 g/mol. The Morgan fingerprint density at radius 2 is 1.81 bits per heavy atom. The van der Waals surface area contributed by atoms with Crippen molar-refractivity contribution in [1.82, 2.24) is 10.2 Å². The Morgan fingerprint density at radius 1 is 1.19 bits per heavy atom. The maximum absolute atomic E-state index is 5.41. The average molecular weight is 292 g/mol. The number of ether oxygens (including phenoxy) is 2. The molecule has 1 aliphatic rings. The minimum atomic E-state index is 0.417. The van der Waals surface area contributed by atoms with Crippen molar-refractivity contribution < 1.29 is 9.47 Å². The number of nitrogens with zero attached hydrogens (tertiary/aromatic N) is 1. The first-order valence-corrected chi connectivity index (χ1v) is 7.71. The van der Waals surface area contributed by atoms with E-state index in [1.54, 1.807) is 14.2 Å². The Labute approximate surface area is 128 Å². The van der Waals surface area contributed by atoms with Crippen molar-refractivity contribution in [3.05, 3.63) is 23.8 Å². The molecule has 1 saturated heterocycles. The van der Waals surface area contributed by atoms with E-state index < -0.39 is 0 Å². The summed E-state index contributed by atoms with van der Waals surface area (Å²) in [5, 5.41) is 3.58. The van der Waals surface area contributed by atoms with E-state index in [2.05, 4.69) is 43.2 Å². The summed E-state index contributed by atoms with van der Waals surface area (Å²) in [6.45, 7) is 6.57. The molecule has 21 heavy (non-hydrogen) atoms. The molecule has 0 aliphatic carbocycles. The minimum absolute atomic E-state index is 0.417. The van der Waals surface area contributed by atoms with Gasteiger partial charge in [0.15, 0.2) is 0 Å². The molecule has 1 fully saturated rings. The molecule has 1 N–H and O–H groups in total. The van der Waals surface area contributed by atoms with E-state index in [4.69, 9.17) is 9.47 Å². The topological polar surface area (TPSA) is 33.7 Å². The van der Waals surface area contributed by atoms with Gasteiger partial charge in [-0.05, 0) is 43.6 Å². The number of benzene rings is 1. The van der Waals surface area contributed by atoms with Gasteiger partial charge in [0.1, 0.15) is 11.5 Å². The number of hydrogen-bond acceptors (Lipinski definition) is 4. The quantitative estimate of drug-likeness (QED) is 0.874. The summed E-state index contributed by atoms with van der Waals surface area (Å²) in [5.41, 5.74) is 1.28. The van der Waals surface area contributed by atoms with Crippen molar-refractivity contribution in [1.29, 1.82) is 0 Å². The predicted molar refractivity (Wildman–Crippen MR) is 86.2 cm³/mol. The van der Waals surface area contributed by atoms with Crippen LogP contribution in [0.1, 0.15) is 31.9 Å². The van der Waals surface area contributed by atoms with Gasteiger partial charge in [-0.2, -0.15) is 0 Å². The first-order valence-electron chi connectivity index (χ1n) is 7.71. The highest BCUT2D eigenvalue weighted by atomic mass is 16.5. The molecule has 2 rings (SSSR count). The third kappa shape index (κ3) is 3.89. The molecule has 4 nitrogen and oxygen atoms in total. The summed E-state index contributed by atoms with van der Waals surface area (Å²) >= 11 is 0. The number of methoxy groups -OCH3 is 2.